The van der Waals surface area contributed by atoms with E-state index in [0.717, 1.165) is 25.3 Å². The van der Waals surface area contributed by atoms with Crippen LogP contribution in [0, 0.1) is 23.2 Å². The van der Waals surface area contributed by atoms with E-state index < -0.39 is 0 Å². The van der Waals surface area contributed by atoms with Gasteiger partial charge in [-0.2, -0.15) is 5.26 Å². The molecule has 2 unspecified atom stereocenters. The van der Waals surface area contributed by atoms with E-state index in [9.17, 15) is 0 Å². The van der Waals surface area contributed by atoms with Gasteiger partial charge in [0.1, 0.15) is 11.8 Å². The number of nitriles is 1. The van der Waals surface area contributed by atoms with E-state index in [-0.39, 0.29) is 0 Å². The molecule has 1 aliphatic heterocycles. The summed E-state index contributed by atoms with van der Waals surface area (Å²) in [5.74, 6) is 1.25. The van der Waals surface area contributed by atoms with E-state index >= 15 is 0 Å². The van der Waals surface area contributed by atoms with Crippen LogP contribution in [0.25, 0.3) is 0 Å². The Kier molecular flexibility index (Phi) is 3.60. The fourth-order valence-corrected chi connectivity index (χ4v) is 2.33. The number of nitrogens with two attached hydrogens (primary N) is 1. The second-order valence-corrected chi connectivity index (χ2v) is 4.72. The minimum Gasteiger partial charge on any atom is -0.370 e. The van der Waals surface area contributed by atoms with Crippen molar-refractivity contribution in [2.45, 2.75) is 13.3 Å². The van der Waals surface area contributed by atoms with E-state index in [0.29, 0.717) is 17.5 Å². The van der Waals surface area contributed by atoms with Crippen LogP contribution in [0.3, 0.4) is 0 Å². The van der Waals surface area contributed by atoms with Crippen LogP contribution in [0.4, 0.5) is 5.69 Å². The van der Waals surface area contributed by atoms with Gasteiger partial charge < -0.3 is 10.6 Å². The molecular weight excluding hydrogens is 212 g/mol. The highest BCUT2D eigenvalue weighted by molar-refractivity contribution is 5.46. The number of pyridine rings is 1. The molecule has 0 saturated carbocycles. The molecule has 1 saturated heterocycles. The van der Waals surface area contributed by atoms with Crippen LogP contribution in [0.5, 0.6) is 0 Å². The molecule has 0 spiro atoms. The lowest BCUT2D eigenvalue weighted by molar-refractivity contribution is 0.308. The summed E-state index contributed by atoms with van der Waals surface area (Å²) in [6.45, 7) is 5.05. The highest BCUT2D eigenvalue weighted by Crippen LogP contribution is 2.26. The first kappa shape index (κ1) is 11.9. The van der Waals surface area contributed by atoms with Gasteiger partial charge in [0.2, 0.25) is 0 Å². The molecule has 4 heteroatoms. The predicted octanol–water partition coefficient (Wildman–Crippen LogP) is 1.37. The third-order valence-corrected chi connectivity index (χ3v) is 3.64. The molecule has 2 atom stereocenters. The minimum absolute atomic E-state index is 0.467. The molecule has 0 aliphatic carbocycles. The molecular formula is C13H18N4. The molecule has 2 rings (SSSR count). The standard InChI is InChI=1S/C13H18N4/c1-10-4-5-17(9-11(10)6-14)13-3-2-12(7-15)16-8-13/h2-3,8,10-11H,4-6,9,14H2,1H3. The second-order valence-electron chi connectivity index (χ2n) is 4.72. The highest BCUT2D eigenvalue weighted by atomic mass is 15.1. The van der Waals surface area contributed by atoms with Crippen molar-refractivity contribution in [3.63, 3.8) is 0 Å². The van der Waals surface area contributed by atoms with Crippen molar-refractivity contribution in [3.05, 3.63) is 24.0 Å². The van der Waals surface area contributed by atoms with Crippen molar-refractivity contribution in [2.24, 2.45) is 17.6 Å². The average molecular weight is 230 g/mol. The zero-order valence-corrected chi connectivity index (χ0v) is 10.1. The van der Waals surface area contributed by atoms with E-state index in [4.69, 9.17) is 11.0 Å². The Morgan fingerprint density at radius 3 is 3.00 bits per heavy atom. The molecule has 90 valence electrons. The summed E-state index contributed by atoms with van der Waals surface area (Å²) >= 11 is 0. The Morgan fingerprint density at radius 1 is 1.59 bits per heavy atom. The topological polar surface area (TPSA) is 65.9 Å². The Bertz CT molecular complexity index is 406. The largest absolute Gasteiger partial charge is 0.370 e. The van der Waals surface area contributed by atoms with Gasteiger partial charge >= 0.3 is 0 Å². The van der Waals surface area contributed by atoms with E-state index in [2.05, 4.69) is 16.8 Å². The zero-order valence-electron chi connectivity index (χ0n) is 10.1. The van der Waals surface area contributed by atoms with Crippen LogP contribution >= 0.6 is 0 Å². The number of nitrogens with zero attached hydrogens (tertiary/aromatic N) is 3. The fraction of sp³-hybridized carbons (Fsp3) is 0.538. The van der Waals surface area contributed by atoms with Crippen molar-refractivity contribution < 1.29 is 0 Å². The smallest absolute Gasteiger partial charge is 0.140 e. The van der Waals surface area contributed by atoms with Gasteiger partial charge in [0, 0.05) is 13.1 Å². The van der Waals surface area contributed by atoms with Crippen LogP contribution in [-0.4, -0.2) is 24.6 Å². The second kappa shape index (κ2) is 5.15. The van der Waals surface area contributed by atoms with Gasteiger partial charge in [-0.05, 0) is 36.9 Å². The van der Waals surface area contributed by atoms with E-state index in [1.165, 1.54) is 6.42 Å². The average Bonchev–Trinajstić information content (AvgIpc) is 2.39. The maximum Gasteiger partial charge on any atom is 0.140 e. The summed E-state index contributed by atoms with van der Waals surface area (Å²) in [4.78, 5) is 6.42. The Morgan fingerprint density at radius 2 is 2.41 bits per heavy atom. The van der Waals surface area contributed by atoms with Crippen molar-refractivity contribution in [1.82, 2.24) is 4.98 Å². The van der Waals surface area contributed by atoms with Gasteiger partial charge in [0.05, 0.1) is 11.9 Å². The lowest BCUT2D eigenvalue weighted by Crippen LogP contribution is -2.42. The summed E-state index contributed by atoms with van der Waals surface area (Å²) in [5.41, 5.74) is 7.35. The molecule has 1 aromatic rings. The first-order valence-corrected chi connectivity index (χ1v) is 6.05. The van der Waals surface area contributed by atoms with Gasteiger partial charge in [0.25, 0.3) is 0 Å². The lowest BCUT2D eigenvalue weighted by atomic mass is 9.87. The van der Waals surface area contributed by atoms with Crippen molar-refractivity contribution in [2.75, 3.05) is 24.5 Å². The summed E-state index contributed by atoms with van der Waals surface area (Å²) in [6, 6.07) is 5.77. The maximum absolute atomic E-state index is 8.71. The summed E-state index contributed by atoms with van der Waals surface area (Å²) in [7, 11) is 0. The van der Waals surface area contributed by atoms with Gasteiger partial charge in [-0.25, -0.2) is 4.98 Å². The van der Waals surface area contributed by atoms with Crippen molar-refractivity contribution >= 4 is 5.69 Å². The number of piperidine rings is 1. The quantitative estimate of drug-likeness (QED) is 0.833. The summed E-state index contributed by atoms with van der Waals surface area (Å²) in [6.07, 6.45) is 2.95. The minimum atomic E-state index is 0.467. The normalized spacial score (nSPS) is 24.4. The summed E-state index contributed by atoms with van der Waals surface area (Å²) in [5, 5.41) is 8.71. The number of aromatic nitrogens is 1. The molecule has 1 fully saturated rings. The van der Waals surface area contributed by atoms with Gasteiger partial charge in [-0.15, -0.1) is 0 Å². The number of hydrogen-bond donors (Lipinski definition) is 1. The SMILES string of the molecule is CC1CCN(c2ccc(C#N)nc2)CC1CN. The maximum atomic E-state index is 8.71. The monoisotopic (exact) mass is 230 g/mol. The van der Waals surface area contributed by atoms with E-state index in [1.54, 1.807) is 12.3 Å². The highest BCUT2D eigenvalue weighted by Gasteiger charge is 2.25. The van der Waals surface area contributed by atoms with Crippen LogP contribution in [0.2, 0.25) is 0 Å². The molecule has 0 bridgehead atoms. The summed E-state index contributed by atoms with van der Waals surface area (Å²) < 4.78 is 0. The Labute approximate surface area is 102 Å². The lowest BCUT2D eigenvalue weighted by Gasteiger charge is -2.37. The fourth-order valence-electron chi connectivity index (χ4n) is 2.33. The molecule has 17 heavy (non-hydrogen) atoms. The van der Waals surface area contributed by atoms with Gasteiger partial charge in [-0.1, -0.05) is 6.92 Å². The number of anilines is 1. The molecule has 1 aliphatic rings. The van der Waals surface area contributed by atoms with Crippen LogP contribution in [0.1, 0.15) is 19.0 Å². The molecule has 1 aromatic heterocycles. The predicted molar refractivity (Wildman–Crippen MR) is 67.5 cm³/mol. The number of rotatable bonds is 2. The van der Waals surface area contributed by atoms with Crippen LogP contribution in [-0.2, 0) is 0 Å². The molecule has 4 nitrogen and oxygen atoms in total. The van der Waals surface area contributed by atoms with E-state index in [1.807, 2.05) is 12.1 Å². The van der Waals surface area contributed by atoms with Crippen molar-refractivity contribution in [1.29, 1.82) is 5.26 Å². The van der Waals surface area contributed by atoms with Crippen LogP contribution < -0.4 is 10.6 Å². The van der Waals surface area contributed by atoms with Crippen LogP contribution in [0.15, 0.2) is 18.3 Å². The molecule has 2 N–H and O–H groups in total. The molecule has 2 heterocycles. The molecule has 0 amide bonds. The molecule has 0 aromatic carbocycles. The van der Waals surface area contributed by atoms with Gasteiger partial charge in [-0.3, -0.25) is 0 Å². The Balaban J connectivity index is 2.09. The zero-order chi connectivity index (χ0) is 12.3. The number of hydrogen-bond acceptors (Lipinski definition) is 4. The van der Waals surface area contributed by atoms with Gasteiger partial charge in [0.15, 0.2) is 0 Å². The first-order chi connectivity index (χ1) is 8.24. The third-order valence-electron chi connectivity index (χ3n) is 3.64. The third kappa shape index (κ3) is 2.56. The van der Waals surface area contributed by atoms with Crippen molar-refractivity contribution in [3.8, 4) is 6.07 Å². The Hall–Kier alpha value is -1.60. The molecule has 0 radical (unpaired) electrons. The first-order valence-electron chi connectivity index (χ1n) is 6.05.